The van der Waals surface area contributed by atoms with Crippen LogP contribution in [-0.2, 0) is 9.53 Å². The molecule has 2 fully saturated rings. The molecule has 2 rings (SSSR count). The van der Waals surface area contributed by atoms with Gasteiger partial charge in [0.15, 0.2) is 0 Å². The van der Waals surface area contributed by atoms with E-state index in [1.165, 1.54) is 0 Å². The van der Waals surface area contributed by atoms with Gasteiger partial charge in [-0.25, -0.2) is 0 Å². The number of hydrogen-bond acceptors (Lipinski definition) is 4. The molecule has 0 aliphatic carbocycles. The van der Waals surface area contributed by atoms with Crippen molar-refractivity contribution in [2.45, 2.75) is 25.8 Å². The molecule has 104 valence electrons. The van der Waals surface area contributed by atoms with Crippen LogP contribution in [0.1, 0.15) is 19.8 Å². The van der Waals surface area contributed by atoms with E-state index in [1.807, 2.05) is 4.90 Å². The first kappa shape index (κ1) is 13.8. The number of amides is 1. The third kappa shape index (κ3) is 3.02. The molecule has 2 unspecified atom stereocenters. The maximum Gasteiger partial charge on any atom is 0.228 e. The minimum absolute atomic E-state index is 0.105. The van der Waals surface area contributed by atoms with Crippen molar-refractivity contribution in [1.82, 2.24) is 9.80 Å². The fourth-order valence-electron chi connectivity index (χ4n) is 2.87. The second-order valence-corrected chi connectivity index (χ2v) is 5.22. The van der Waals surface area contributed by atoms with Crippen molar-refractivity contribution in [3.05, 3.63) is 0 Å². The lowest BCUT2D eigenvalue weighted by Gasteiger charge is -2.39. The molecule has 2 atom stereocenters. The molecular weight excluding hydrogens is 230 g/mol. The van der Waals surface area contributed by atoms with Crippen LogP contribution >= 0.6 is 0 Å². The summed E-state index contributed by atoms with van der Waals surface area (Å²) >= 11 is 0. The number of ether oxygens (including phenoxy) is 1. The number of rotatable bonds is 4. The maximum absolute atomic E-state index is 12.2. The maximum atomic E-state index is 12.2. The first-order chi connectivity index (χ1) is 8.76. The van der Waals surface area contributed by atoms with Crippen molar-refractivity contribution in [1.29, 1.82) is 0 Å². The number of piperazine rings is 1. The third-order valence-electron chi connectivity index (χ3n) is 4.16. The molecule has 0 aromatic heterocycles. The van der Waals surface area contributed by atoms with Crippen LogP contribution in [0.3, 0.4) is 0 Å². The van der Waals surface area contributed by atoms with E-state index in [0.29, 0.717) is 19.2 Å². The summed E-state index contributed by atoms with van der Waals surface area (Å²) < 4.78 is 5.29. The zero-order chi connectivity index (χ0) is 13.0. The van der Waals surface area contributed by atoms with Crippen molar-refractivity contribution in [2.75, 3.05) is 45.9 Å². The molecule has 2 saturated heterocycles. The molecule has 2 N–H and O–H groups in total. The van der Waals surface area contributed by atoms with E-state index >= 15 is 0 Å². The van der Waals surface area contributed by atoms with E-state index in [4.69, 9.17) is 10.5 Å². The number of carbonyl (C=O) groups is 1. The summed E-state index contributed by atoms with van der Waals surface area (Å²) in [6.07, 6.45) is 1.97. The van der Waals surface area contributed by atoms with Gasteiger partial charge in [-0.15, -0.1) is 0 Å². The molecule has 2 aliphatic rings. The van der Waals surface area contributed by atoms with Gasteiger partial charge in [-0.05, 0) is 12.8 Å². The minimum atomic E-state index is 0.105. The first-order valence-corrected chi connectivity index (χ1v) is 7.07. The SMILES string of the molecule is CCC(CN)N1CCN(C(=O)C2CCOC2)CC1. The van der Waals surface area contributed by atoms with Gasteiger partial charge in [0.1, 0.15) is 0 Å². The molecule has 18 heavy (non-hydrogen) atoms. The quantitative estimate of drug-likeness (QED) is 0.762. The summed E-state index contributed by atoms with van der Waals surface area (Å²) in [5.41, 5.74) is 5.77. The Bertz CT molecular complexity index is 267. The summed E-state index contributed by atoms with van der Waals surface area (Å²) in [6, 6.07) is 0.470. The van der Waals surface area contributed by atoms with Crippen LogP contribution < -0.4 is 5.73 Å². The lowest BCUT2D eigenvalue weighted by atomic mass is 10.1. The van der Waals surface area contributed by atoms with Crippen molar-refractivity contribution in [3.63, 3.8) is 0 Å². The van der Waals surface area contributed by atoms with E-state index < -0.39 is 0 Å². The van der Waals surface area contributed by atoms with E-state index in [1.54, 1.807) is 0 Å². The Morgan fingerprint density at radius 1 is 1.39 bits per heavy atom. The van der Waals surface area contributed by atoms with Crippen LogP contribution in [0.5, 0.6) is 0 Å². The van der Waals surface area contributed by atoms with Gasteiger partial charge >= 0.3 is 0 Å². The smallest absolute Gasteiger partial charge is 0.228 e. The van der Waals surface area contributed by atoms with Crippen LogP contribution in [0, 0.1) is 5.92 Å². The topological polar surface area (TPSA) is 58.8 Å². The van der Waals surface area contributed by atoms with Crippen LogP contribution in [0.15, 0.2) is 0 Å². The van der Waals surface area contributed by atoms with Gasteiger partial charge in [-0.1, -0.05) is 6.92 Å². The standard InChI is InChI=1S/C13H25N3O2/c1-2-12(9-14)15-4-6-16(7-5-15)13(17)11-3-8-18-10-11/h11-12H,2-10,14H2,1H3. The van der Waals surface area contributed by atoms with E-state index in [0.717, 1.165) is 45.6 Å². The molecule has 2 aliphatic heterocycles. The average Bonchev–Trinajstić information content (AvgIpc) is 2.94. The lowest BCUT2D eigenvalue weighted by Crippen LogP contribution is -2.54. The Morgan fingerprint density at radius 2 is 2.11 bits per heavy atom. The number of hydrogen-bond donors (Lipinski definition) is 1. The van der Waals surface area contributed by atoms with Crippen LogP contribution in [0.2, 0.25) is 0 Å². The Hall–Kier alpha value is -0.650. The molecule has 0 bridgehead atoms. The first-order valence-electron chi connectivity index (χ1n) is 7.07. The molecule has 5 heteroatoms. The second kappa shape index (κ2) is 6.50. The van der Waals surface area contributed by atoms with Crippen molar-refractivity contribution in [3.8, 4) is 0 Å². The summed E-state index contributed by atoms with van der Waals surface area (Å²) in [6.45, 7) is 7.81. The molecule has 0 radical (unpaired) electrons. The molecule has 0 aromatic carbocycles. The van der Waals surface area contributed by atoms with E-state index in [2.05, 4.69) is 11.8 Å². The normalized spacial score (nSPS) is 27.4. The molecule has 1 amide bonds. The lowest BCUT2D eigenvalue weighted by molar-refractivity contribution is -0.137. The number of nitrogens with two attached hydrogens (primary N) is 1. The predicted octanol–water partition coefficient (Wildman–Crippen LogP) is -0.0956. The van der Waals surface area contributed by atoms with Gasteiger partial charge in [0.2, 0.25) is 5.91 Å². The third-order valence-corrected chi connectivity index (χ3v) is 4.16. The number of nitrogens with zero attached hydrogens (tertiary/aromatic N) is 2. The highest BCUT2D eigenvalue weighted by Crippen LogP contribution is 2.17. The van der Waals surface area contributed by atoms with Crippen LogP contribution in [0.4, 0.5) is 0 Å². The molecule has 5 nitrogen and oxygen atoms in total. The Labute approximate surface area is 109 Å². The van der Waals surface area contributed by atoms with Crippen molar-refractivity contribution >= 4 is 5.91 Å². The molecule has 2 heterocycles. The zero-order valence-corrected chi connectivity index (χ0v) is 11.3. The largest absolute Gasteiger partial charge is 0.381 e. The highest BCUT2D eigenvalue weighted by molar-refractivity contribution is 5.79. The second-order valence-electron chi connectivity index (χ2n) is 5.22. The fourth-order valence-corrected chi connectivity index (χ4v) is 2.87. The molecule has 0 aromatic rings. The van der Waals surface area contributed by atoms with Crippen molar-refractivity contribution in [2.24, 2.45) is 11.7 Å². The summed E-state index contributed by atoms with van der Waals surface area (Å²) in [4.78, 5) is 16.6. The molecule has 0 spiro atoms. The van der Waals surface area contributed by atoms with Gasteiger partial charge in [0.05, 0.1) is 12.5 Å². The summed E-state index contributed by atoms with van der Waals surface area (Å²) in [7, 11) is 0. The van der Waals surface area contributed by atoms with E-state index in [-0.39, 0.29) is 11.8 Å². The minimum Gasteiger partial charge on any atom is -0.381 e. The van der Waals surface area contributed by atoms with Gasteiger partial charge in [-0.2, -0.15) is 0 Å². The highest BCUT2D eigenvalue weighted by atomic mass is 16.5. The van der Waals surface area contributed by atoms with Crippen LogP contribution in [0.25, 0.3) is 0 Å². The van der Waals surface area contributed by atoms with Gasteiger partial charge in [-0.3, -0.25) is 9.69 Å². The predicted molar refractivity (Wildman–Crippen MR) is 70.2 cm³/mol. The van der Waals surface area contributed by atoms with E-state index in [9.17, 15) is 4.79 Å². The monoisotopic (exact) mass is 255 g/mol. The Morgan fingerprint density at radius 3 is 2.61 bits per heavy atom. The van der Waals surface area contributed by atoms with Crippen molar-refractivity contribution < 1.29 is 9.53 Å². The average molecular weight is 255 g/mol. The zero-order valence-electron chi connectivity index (χ0n) is 11.3. The Balaban J connectivity index is 1.80. The number of carbonyl (C=O) groups excluding carboxylic acids is 1. The fraction of sp³-hybridized carbons (Fsp3) is 0.923. The molecular formula is C13H25N3O2. The Kier molecular flexibility index (Phi) is 4.97. The van der Waals surface area contributed by atoms with Crippen LogP contribution in [-0.4, -0.2) is 67.7 Å². The summed E-state index contributed by atoms with van der Waals surface area (Å²) in [5.74, 6) is 0.390. The highest BCUT2D eigenvalue weighted by Gasteiger charge is 2.31. The molecule has 0 saturated carbocycles. The van der Waals surface area contributed by atoms with Gasteiger partial charge in [0.25, 0.3) is 0 Å². The van der Waals surface area contributed by atoms with Gasteiger partial charge < -0.3 is 15.4 Å². The van der Waals surface area contributed by atoms with Gasteiger partial charge in [0, 0.05) is 45.4 Å². The summed E-state index contributed by atoms with van der Waals surface area (Å²) in [5, 5.41) is 0.